The first kappa shape index (κ1) is 20.6. The molecule has 2 aromatic rings. The lowest BCUT2D eigenvalue weighted by atomic mass is 9.96. The molecule has 30 heavy (non-hydrogen) atoms. The van der Waals surface area contributed by atoms with Crippen LogP contribution in [0.25, 0.3) is 11.1 Å². The van der Waals surface area contributed by atoms with Crippen LogP contribution in [0.4, 0.5) is 5.95 Å². The van der Waals surface area contributed by atoms with Gasteiger partial charge in [-0.3, -0.25) is 4.79 Å². The predicted octanol–water partition coefficient (Wildman–Crippen LogP) is 4.68. The summed E-state index contributed by atoms with van der Waals surface area (Å²) in [5.74, 6) is 0.905. The molecule has 0 unspecified atom stereocenters. The van der Waals surface area contributed by atoms with Crippen molar-refractivity contribution in [3.8, 4) is 11.1 Å². The molecule has 0 bridgehead atoms. The molecule has 0 saturated carbocycles. The summed E-state index contributed by atoms with van der Waals surface area (Å²) in [7, 11) is 0. The first-order valence-electron chi connectivity index (χ1n) is 11.3. The summed E-state index contributed by atoms with van der Waals surface area (Å²) >= 11 is 0. The number of allylic oxidation sites excluding steroid dienone is 1. The van der Waals surface area contributed by atoms with Gasteiger partial charge in [0.2, 0.25) is 11.9 Å². The van der Waals surface area contributed by atoms with Gasteiger partial charge >= 0.3 is 0 Å². The van der Waals surface area contributed by atoms with Crippen LogP contribution in [0.15, 0.2) is 48.3 Å². The zero-order chi connectivity index (χ0) is 20.8. The Labute approximate surface area is 179 Å². The number of hydrogen-bond donors (Lipinski definition) is 1. The van der Waals surface area contributed by atoms with Crippen LogP contribution in [0.3, 0.4) is 0 Å². The van der Waals surface area contributed by atoms with E-state index in [1.807, 2.05) is 12.4 Å². The zero-order valence-corrected chi connectivity index (χ0v) is 17.9. The molecule has 1 aliphatic heterocycles. The van der Waals surface area contributed by atoms with Crippen molar-refractivity contribution >= 4 is 11.9 Å². The molecule has 1 aromatic carbocycles. The summed E-state index contributed by atoms with van der Waals surface area (Å²) < 4.78 is 0. The van der Waals surface area contributed by atoms with Crippen molar-refractivity contribution < 1.29 is 4.79 Å². The minimum Gasteiger partial charge on any atom is -0.355 e. The lowest BCUT2D eigenvalue weighted by Gasteiger charge is -2.32. The highest BCUT2D eigenvalue weighted by Gasteiger charge is 2.27. The molecular formula is C25H32N4O. The fourth-order valence-corrected chi connectivity index (χ4v) is 4.37. The van der Waals surface area contributed by atoms with Gasteiger partial charge in [0.1, 0.15) is 0 Å². The van der Waals surface area contributed by atoms with Gasteiger partial charge < -0.3 is 10.2 Å². The average molecular weight is 405 g/mol. The topological polar surface area (TPSA) is 58.1 Å². The van der Waals surface area contributed by atoms with E-state index in [4.69, 9.17) is 0 Å². The zero-order valence-electron chi connectivity index (χ0n) is 17.9. The quantitative estimate of drug-likeness (QED) is 0.711. The summed E-state index contributed by atoms with van der Waals surface area (Å²) in [6.45, 7) is 4.43. The van der Waals surface area contributed by atoms with Crippen molar-refractivity contribution in [1.29, 1.82) is 0 Å². The van der Waals surface area contributed by atoms with E-state index in [0.29, 0.717) is 6.54 Å². The van der Waals surface area contributed by atoms with Gasteiger partial charge in [-0.25, -0.2) is 9.97 Å². The first-order chi connectivity index (χ1) is 14.7. The first-order valence-corrected chi connectivity index (χ1v) is 11.3. The van der Waals surface area contributed by atoms with Gasteiger partial charge in [0.15, 0.2) is 0 Å². The Balaban J connectivity index is 1.31. The minimum absolute atomic E-state index is 0.0134. The monoisotopic (exact) mass is 404 g/mol. The highest BCUT2D eigenvalue weighted by Crippen LogP contribution is 2.24. The van der Waals surface area contributed by atoms with Crippen LogP contribution >= 0.6 is 0 Å². The molecule has 1 amide bonds. The number of aromatic nitrogens is 2. The van der Waals surface area contributed by atoms with Crippen LogP contribution in [0.5, 0.6) is 0 Å². The van der Waals surface area contributed by atoms with E-state index in [2.05, 4.69) is 57.4 Å². The largest absolute Gasteiger partial charge is 0.355 e. The van der Waals surface area contributed by atoms with Crippen LogP contribution in [-0.2, 0) is 4.79 Å². The highest BCUT2D eigenvalue weighted by atomic mass is 16.1. The smallest absolute Gasteiger partial charge is 0.225 e. The average Bonchev–Trinajstić information content (AvgIpc) is 2.80. The fourth-order valence-electron chi connectivity index (χ4n) is 4.37. The third-order valence-corrected chi connectivity index (χ3v) is 6.23. The van der Waals surface area contributed by atoms with E-state index in [9.17, 15) is 4.79 Å². The lowest BCUT2D eigenvalue weighted by molar-refractivity contribution is -0.125. The number of nitrogens with one attached hydrogen (secondary N) is 1. The fraction of sp³-hybridized carbons (Fsp3) is 0.480. The number of carbonyl (C=O) groups is 1. The maximum Gasteiger partial charge on any atom is 0.225 e. The van der Waals surface area contributed by atoms with Gasteiger partial charge in [-0.15, -0.1) is 0 Å². The summed E-state index contributed by atoms with van der Waals surface area (Å²) in [5, 5.41) is 3.16. The molecule has 0 radical (unpaired) electrons. The Morgan fingerprint density at radius 3 is 2.63 bits per heavy atom. The number of benzene rings is 1. The van der Waals surface area contributed by atoms with E-state index in [-0.39, 0.29) is 11.8 Å². The van der Waals surface area contributed by atoms with Gasteiger partial charge in [-0.1, -0.05) is 41.5 Å². The second-order valence-corrected chi connectivity index (χ2v) is 8.57. The standard InChI is InChI=1S/C25H32N4O/c1-19-9-11-21(12-10-19)23-16-27-25(28-17-23)29-15-5-8-22(18-29)24(30)26-14-13-20-6-3-2-4-7-20/h6,9-12,16-17,22H,2-5,7-8,13-15,18H2,1H3,(H,26,30)/t22-/m0/s1. The van der Waals surface area contributed by atoms with E-state index < -0.39 is 0 Å². The van der Waals surface area contributed by atoms with Crippen LogP contribution in [0, 0.1) is 12.8 Å². The van der Waals surface area contributed by atoms with Crippen molar-refractivity contribution in [3.63, 3.8) is 0 Å². The highest BCUT2D eigenvalue weighted by molar-refractivity contribution is 5.79. The second-order valence-electron chi connectivity index (χ2n) is 8.57. The minimum atomic E-state index is 0.0134. The third-order valence-electron chi connectivity index (χ3n) is 6.23. The van der Waals surface area contributed by atoms with Gasteiger partial charge in [-0.2, -0.15) is 0 Å². The van der Waals surface area contributed by atoms with Crippen molar-refractivity contribution in [1.82, 2.24) is 15.3 Å². The molecule has 4 rings (SSSR count). The number of carbonyl (C=O) groups excluding carboxylic acids is 1. The van der Waals surface area contributed by atoms with Gasteiger partial charge in [0.05, 0.1) is 5.92 Å². The molecule has 1 N–H and O–H groups in total. The maximum absolute atomic E-state index is 12.7. The molecule has 1 atom stereocenters. The molecule has 1 aliphatic carbocycles. The SMILES string of the molecule is Cc1ccc(-c2cnc(N3CCC[C@H](C(=O)NCCC4=CCCCC4)C3)nc2)cc1. The van der Waals surface area contributed by atoms with Crippen molar-refractivity contribution in [2.24, 2.45) is 5.92 Å². The van der Waals surface area contributed by atoms with E-state index in [0.717, 1.165) is 49.4 Å². The Morgan fingerprint density at radius 1 is 1.10 bits per heavy atom. The molecular weight excluding hydrogens is 372 g/mol. The summed E-state index contributed by atoms with van der Waals surface area (Å²) in [5.41, 5.74) is 4.89. The summed E-state index contributed by atoms with van der Waals surface area (Å²) in [4.78, 5) is 24.0. The number of piperidine rings is 1. The molecule has 158 valence electrons. The van der Waals surface area contributed by atoms with Gasteiger partial charge in [-0.05, 0) is 57.4 Å². The normalized spacial score (nSPS) is 19.3. The van der Waals surface area contributed by atoms with Crippen molar-refractivity contribution in [2.45, 2.75) is 51.9 Å². The molecule has 5 heteroatoms. The number of rotatable bonds is 6. The number of anilines is 1. The Hall–Kier alpha value is -2.69. The molecule has 1 aromatic heterocycles. The maximum atomic E-state index is 12.7. The Bertz CT molecular complexity index is 873. The summed E-state index contributed by atoms with van der Waals surface area (Å²) in [6.07, 6.45) is 14.0. The van der Waals surface area contributed by atoms with E-state index in [1.54, 1.807) is 0 Å². The number of nitrogens with zero attached hydrogens (tertiary/aromatic N) is 3. The van der Waals surface area contributed by atoms with Crippen molar-refractivity contribution in [3.05, 3.63) is 53.9 Å². The van der Waals surface area contributed by atoms with Crippen LogP contribution in [0.1, 0.15) is 50.5 Å². The molecule has 0 spiro atoms. The van der Waals surface area contributed by atoms with Crippen molar-refractivity contribution in [2.75, 3.05) is 24.5 Å². The Kier molecular flexibility index (Phi) is 6.77. The third kappa shape index (κ3) is 5.26. The molecule has 1 saturated heterocycles. The lowest BCUT2D eigenvalue weighted by Crippen LogP contribution is -2.44. The molecule has 5 nitrogen and oxygen atoms in total. The van der Waals surface area contributed by atoms with Crippen LogP contribution in [-0.4, -0.2) is 35.5 Å². The number of amides is 1. The van der Waals surface area contributed by atoms with Crippen LogP contribution < -0.4 is 10.2 Å². The molecule has 2 heterocycles. The molecule has 1 fully saturated rings. The summed E-state index contributed by atoms with van der Waals surface area (Å²) in [6, 6.07) is 8.39. The van der Waals surface area contributed by atoms with Gasteiger partial charge in [0, 0.05) is 37.6 Å². The number of hydrogen-bond acceptors (Lipinski definition) is 4. The van der Waals surface area contributed by atoms with Gasteiger partial charge in [0.25, 0.3) is 0 Å². The molecule has 2 aliphatic rings. The number of aryl methyl sites for hydroxylation is 1. The van der Waals surface area contributed by atoms with E-state index >= 15 is 0 Å². The van der Waals surface area contributed by atoms with Crippen LogP contribution in [0.2, 0.25) is 0 Å². The van der Waals surface area contributed by atoms with E-state index in [1.165, 1.54) is 36.8 Å². The second kappa shape index (κ2) is 9.88. The predicted molar refractivity (Wildman–Crippen MR) is 121 cm³/mol. The Morgan fingerprint density at radius 2 is 1.90 bits per heavy atom.